The molecule has 2 saturated heterocycles. The number of carbonyl (C=O) groups is 2. The van der Waals surface area contributed by atoms with E-state index in [2.05, 4.69) is 4.90 Å². The Hall–Kier alpha value is -3.12. The van der Waals surface area contributed by atoms with Crippen LogP contribution in [0.4, 0.5) is 0 Å². The SMILES string of the molecule is O=C(O)c1ccc(OCCCN2C(=O)C(=Cc3cc(-c4cc(Cl)ccc4Cl)ccc3OCCN3CCOCC3)SC2=S)cc1. The minimum atomic E-state index is -0.995. The van der Waals surface area contributed by atoms with E-state index in [1.54, 1.807) is 29.2 Å². The van der Waals surface area contributed by atoms with Crippen molar-refractivity contribution in [1.29, 1.82) is 0 Å². The van der Waals surface area contributed by atoms with E-state index in [1.165, 1.54) is 23.9 Å². The minimum Gasteiger partial charge on any atom is -0.494 e. The lowest BCUT2D eigenvalue weighted by atomic mass is 10.0. The molecule has 12 heteroatoms. The summed E-state index contributed by atoms with van der Waals surface area (Å²) < 4.78 is 17.8. The van der Waals surface area contributed by atoms with Gasteiger partial charge in [0.25, 0.3) is 5.91 Å². The van der Waals surface area contributed by atoms with Crippen molar-refractivity contribution in [3.05, 3.63) is 86.7 Å². The highest BCUT2D eigenvalue weighted by atomic mass is 35.5. The van der Waals surface area contributed by atoms with Gasteiger partial charge in [0.05, 0.1) is 30.3 Å². The third kappa shape index (κ3) is 8.32. The Kier molecular flexibility index (Phi) is 11.2. The Bertz CT molecular complexity index is 1560. The summed E-state index contributed by atoms with van der Waals surface area (Å²) in [5.74, 6) is 0.0239. The van der Waals surface area contributed by atoms with Crippen molar-refractivity contribution in [2.75, 3.05) is 52.6 Å². The second-order valence-corrected chi connectivity index (χ2v) is 12.6. The Morgan fingerprint density at radius 3 is 2.52 bits per heavy atom. The molecule has 0 radical (unpaired) electrons. The fourth-order valence-electron chi connectivity index (χ4n) is 4.73. The number of halogens is 2. The van der Waals surface area contributed by atoms with Crippen LogP contribution >= 0.6 is 47.2 Å². The number of hydrogen-bond acceptors (Lipinski definition) is 8. The number of carboxylic acid groups (broad SMARTS) is 1. The van der Waals surface area contributed by atoms with E-state index in [-0.39, 0.29) is 11.5 Å². The molecule has 8 nitrogen and oxygen atoms in total. The monoisotopic (exact) mass is 672 g/mol. The van der Waals surface area contributed by atoms with Gasteiger partial charge in [0.15, 0.2) is 0 Å². The molecule has 0 atom stereocenters. The van der Waals surface area contributed by atoms with E-state index in [0.29, 0.717) is 70.2 Å². The van der Waals surface area contributed by atoms with Crippen LogP contribution in [0.15, 0.2) is 65.6 Å². The van der Waals surface area contributed by atoms with Crippen LogP contribution < -0.4 is 9.47 Å². The number of benzene rings is 3. The summed E-state index contributed by atoms with van der Waals surface area (Å²) in [4.78, 5) is 28.8. The van der Waals surface area contributed by atoms with Gasteiger partial charge < -0.3 is 19.3 Å². The first-order chi connectivity index (χ1) is 21.3. The van der Waals surface area contributed by atoms with Crippen LogP contribution in [0.3, 0.4) is 0 Å². The summed E-state index contributed by atoms with van der Waals surface area (Å²) in [6.07, 6.45) is 2.35. The van der Waals surface area contributed by atoms with Gasteiger partial charge in [-0.05, 0) is 72.7 Å². The highest BCUT2D eigenvalue weighted by molar-refractivity contribution is 8.26. The van der Waals surface area contributed by atoms with Crippen LogP contribution in [0.25, 0.3) is 17.2 Å². The number of nitrogens with zero attached hydrogens (tertiary/aromatic N) is 2. The number of carboxylic acids is 1. The summed E-state index contributed by atoms with van der Waals surface area (Å²) in [6.45, 7) is 5.14. The van der Waals surface area contributed by atoms with Crippen molar-refractivity contribution in [1.82, 2.24) is 9.80 Å². The number of amides is 1. The van der Waals surface area contributed by atoms with Gasteiger partial charge in [0.1, 0.15) is 22.4 Å². The molecule has 0 aromatic heterocycles. The number of thioether (sulfide) groups is 1. The van der Waals surface area contributed by atoms with Crippen LogP contribution in [-0.4, -0.2) is 83.7 Å². The maximum Gasteiger partial charge on any atom is 0.335 e. The van der Waals surface area contributed by atoms with Gasteiger partial charge in [-0.15, -0.1) is 0 Å². The molecule has 0 spiro atoms. The molecule has 0 unspecified atom stereocenters. The van der Waals surface area contributed by atoms with Crippen molar-refractivity contribution in [3.8, 4) is 22.6 Å². The topological polar surface area (TPSA) is 88.5 Å². The van der Waals surface area contributed by atoms with Crippen LogP contribution in [0.5, 0.6) is 11.5 Å². The molecule has 3 aromatic carbocycles. The van der Waals surface area contributed by atoms with Crippen molar-refractivity contribution < 1.29 is 28.9 Å². The molecular formula is C32H30Cl2N2O6S2. The molecule has 2 aliphatic rings. The number of carbonyl (C=O) groups excluding carboxylic acids is 1. The second-order valence-electron chi connectivity index (χ2n) is 10.0. The van der Waals surface area contributed by atoms with Gasteiger partial charge in [0.2, 0.25) is 0 Å². The van der Waals surface area contributed by atoms with Gasteiger partial charge in [-0.3, -0.25) is 14.6 Å². The summed E-state index contributed by atoms with van der Waals surface area (Å²) in [5, 5.41) is 10.2. The summed E-state index contributed by atoms with van der Waals surface area (Å²) in [5.41, 5.74) is 2.54. The molecule has 0 bridgehead atoms. The van der Waals surface area contributed by atoms with Crippen molar-refractivity contribution in [3.63, 3.8) is 0 Å². The largest absolute Gasteiger partial charge is 0.494 e. The van der Waals surface area contributed by atoms with E-state index in [9.17, 15) is 9.59 Å². The number of rotatable bonds is 12. The van der Waals surface area contributed by atoms with Gasteiger partial charge in [-0.1, -0.05) is 53.2 Å². The van der Waals surface area contributed by atoms with Crippen molar-refractivity contribution >= 4 is 69.5 Å². The van der Waals surface area contributed by atoms with E-state index in [4.69, 9.17) is 54.7 Å². The molecule has 1 amide bonds. The summed E-state index contributed by atoms with van der Waals surface area (Å²) >= 11 is 19.6. The molecule has 5 rings (SSSR count). The van der Waals surface area contributed by atoms with Gasteiger partial charge in [-0.2, -0.15) is 0 Å². The highest BCUT2D eigenvalue weighted by Gasteiger charge is 2.32. The van der Waals surface area contributed by atoms with E-state index in [1.807, 2.05) is 30.3 Å². The van der Waals surface area contributed by atoms with Gasteiger partial charge in [-0.25, -0.2) is 4.79 Å². The van der Waals surface area contributed by atoms with Crippen molar-refractivity contribution in [2.24, 2.45) is 0 Å². The standard InChI is InChI=1S/C32H30Cl2N2O6S2/c33-24-5-8-27(34)26(20-24)22-4-9-28(42-17-13-35-11-15-40-16-12-35)23(18-22)19-29-30(37)36(32(43)44-29)10-1-14-41-25-6-2-21(3-7-25)31(38)39/h2-9,18-20H,1,10-17H2,(H,38,39). The second kappa shape index (κ2) is 15.2. The Morgan fingerprint density at radius 1 is 1.00 bits per heavy atom. The van der Waals surface area contributed by atoms with Crippen LogP contribution in [0.2, 0.25) is 10.0 Å². The average molecular weight is 674 g/mol. The third-order valence-electron chi connectivity index (χ3n) is 7.07. The van der Waals surface area contributed by atoms with Gasteiger partial charge in [0, 0.05) is 47.4 Å². The van der Waals surface area contributed by atoms with Crippen LogP contribution in [-0.2, 0) is 9.53 Å². The molecule has 0 aliphatic carbocycles. The molecule has 2 aliphatic heterocycles. The lowest BCUT2D eigenvalue weighted by molar-refractivity contribution is -0.122. The number of ether oxygens (including phenoxy) is 3. The zero-order valence-electron chi connectivity index (χ0n) is 23.7. The highest BCUT2D eigenvalue weighted by Crippen LogP contribution is 2.37. The first kappa shape index (κ1) is 32.3. The molecule has 1 N–H and O–H groups in total. The summed E-state index contributed by atoms with van der Waals surface area (Å²) in [6, 6.07) is 17.3. The Balaban J connectivity index is 1.28. The minimum absolute atomic E-state index is 0.184. The molecule has 2 fully saturated rings. The van der Waals surface area contributed by atoms with E-state index >= 15 is 0 Å². The third-order valence-corrected chi connectivity index (χ3v) is 9.02. The van der Waals surface area contributed by atoms with Gasteiger partial charge >= 0.3 is 5.97 Å². The lowest BCUT2D eigenvalue weighted by Gasteiger charge is -2.26. The number of hydrogen-bond donors (Lipinski definition) is 1. The molecule has 44 heavy (non-hydrogen) atoms. The fourth-order valence-corrected chi connectivity index (χ4v) is 6.43. The van der Waals surface area contributed by atoms with Crippen molar-refractivity contribution in [2.45, 2.75) is 6.42 Å². The lowest BCUT2D eigenvalue weighted by Crippen LogP contribution is -2.38. The summed E-state index contributed by atoms with van der Waals surface area (Å²) in [7, 11) is 0. The van der Waals surface area contributed by atoms with Crippen LogP contribution in [0, 0.1) is 0 Å². The van der Waals surface area contributed by atoms with E-state index in [0.717, 1.165) is 36.3 Å². The van der Waals surface area contributed by atoms with Crippen LogP contribution in [0.1, 0.15) is 22.3 Å². The molecule has 230 valence electrons. The first-order valence-corrected chi connectivity index (χ1v) is 16.0. The Labute approximate surface area is 275 Å². The fraction of sp³-hybridized carbons (Fsp3) is 0.281. The average Bonchev–Trinajstić information content (AvgIpc) is 3.29. The smallest absolute Gasteiger partial charge is 0.335 e. The quantitative estimate of drug-likeness (QED) is 0.128. The Morgan fingerprint density at radius 2 is 1.77 bits per heavy atom. The zero-order chi connectivity index (χ0) is 31.1. The first-order valence-electron chi connectivity index (χ1n) is 14.0. The number of thiocarbonyl (C=S) groups is 1. The number of aromatic carboxylic acids is 1. The zero-order valence-corrected chi connectivity index (χ0v) is 26.8. The maximum atomic E-state index is 13.4. The molecule has 0 saturated carbocycles. The molecular weight excluding hydrogens is 643 g/mol. The predicted octanol–water partition coefficient (Wildman–Crippen LogP) is 6.74. The normalized spacial score (nSPS) is 16.5. The predicted molar refractivity (Wildman–Crippen MR) is 178 cm³/mol. The maximum absolute atomic E-state index is 13.4. The molecule has 3 aromatic rings. The van der Waals surface area contributed by atoms with E-state index < -0.39 is 5.97 Å². The number of morpholine rings is 1. The molecule has 2 heterocycles.